The first-order valence-corrected chi connectivity index (χ1v) is 6.18. The molecule has 0 spiro atoms. The van der Waals surface area contributed by atoms with E-state index in [1.165, 1.54) is 0 Å². The molecule has 1 fully saturated rings. The van der Waals surface area contributed by atoms with Gasteiger partial charge in [0.15, 0.2) is 0 Å². The number of hydrogen-bond acceptors (Lipinski definition) is 3. The molecule has 0 bridgehead atoms. The molecular weight excluding hydrogens is 214 g/mol. The fraction of sp³-hybridized carbons (Fsp3) is 0.692. The van der Waals surface area contributed by atoms with Gasteiger partial charge >= 0.3 is 0 Å². The van der Waals surface area contributed by atoms with Gasteiger partial charge in [0.1, 0.15) is 6.10 Å². The van der Waals surface area contributed by atoms with Crippen molar-refractivity contribution in [2.75, 3.05) is 0 Å². The third-order valence-corrected chi connectivity index (χ3v) is 4.11. The smallest absolute Gasteiger partial charge is 0.114 e. The zero-order valence-corrected chi connectivity index (χ0v) is 10.4. The Balaban J connectivity index is 2.26. The summed E-state index contributed by atoms with van der Waals surface area (Å²) in [6, 6.07) is 2.37. The Bertz CT molecular complexity index is 434. The van der Waals surface area contributed by atoms with Crippen molar-refractivity contribution in [1.82, 2.24) is 9.55 Å². The van der Waals surface area contributed by atoms with Crippen LogP contribution in [0.15, 0.2) is 12.5 Å². The van der Waals surface area contributed by atoms with E-state index in [9.17, 15) is 10.4 Å². The number of nitrogens with zero attached hydrogens (tertiary/aromatic N) is 3. The van der Waals surface area contributed by atoms with Crippen LogP contribution in [0.25, 0.3) is 0 Å². The van der Waals surface area contributed by atoms with E-state index >= 15 is 0 Å². The third kappa shape index (κ3) is 1.96. The van der Waals surface area contributed by atoms with E-state index < -0.39 is 11.5 Å². The monoisotopic (exact) mass is 233 g/mol. The summed E-state index contributed by atoms with van der Waals surface area (Å²) in [7, 11) is 1.85. The van der Waals surface area contributed by atoms with Crippen LogP contribution < -0.4 is 0 Å². The van der Waals surface area contributed by atoms with E-state index in [1.54, 1.807) is 17.1 Å². The molecule has 1 aliphatic carbocycles. The summed E-state index contributed by atoms with van der Waals surface area (Å²) in [5, 5.41) is 19.9. The Morgan fingerprint density at radius 3 is 3.00 bits per heavy atom. The molecule has 1 aliphatic rings. The van der Waals surface area contributed by atoms with Gasteiger partial charge in [0.05, 0.1) is 29.7 Å². The Labute approximate surface area is 102 Å². The summed E-state index contributed by atoms with van der Waals surface area (Å²) >= 11 is 0. The minimum absolute atomic E-state index is 0.567. The van der Waals surface area contributed by atoms with E-state index in [0.717, 1.165) is 31.4 Å². The average Bonchev–Trinajstić information content (AvgIpc) is 2.95. The molecule has 0 aromatic carbocycles. The van der Waals surface area contributed by atoms with Gasteiger partial charge in [-0.05, 0) is 25.2 Å². The normalized spacial score (nSPS) is 30.1. The lowest BCUT2D eigenvalue weighted by atomic mass is 9.79. The highest BCUT2D eigenvalue weighted by molar-refractivity contribution is 5.16. The van der Waals surface area contributed by atoms with E-state index in [0.29, 0.717) is 5.92 Å². The van der Waals surface area contributed by atoms with Crippen molar-refractivity contribution in [2.45, 2.75) is 38.7 Å². The third-order valence-electron chi connectivity index (χ3n) is 4.11. The van der Waals surface area contributed by atoms with Crippen LogP contribution in [0.1, 0.15) is 44.4 Å². The highest BCUT2D eigenvalue weighted by Gasteiger charge is 2.46. The highest BCUT2D eigenvalue weighted by Crippen LogP contribution is 2.50. The molecule has 0 aliphatic heterocycles. The quantitative estimate of drug-likeness (QED) is 0.870. The molecule has 0 saturated heterocycles. The second kappa shape index (κ2) is 4.50. The Morgan fingerprint density at radius 1 is 1.76 bits per heavy atom. The van der Waals surface area contributed by atoms with Crippen LogP contribution in [0.3, 0.4) is 0 Å². The van der Waals surface area contributed by atoms with E-state index in [4.69, 9.17) is 0 Å². The second-order valence-corrected chi connectivity index (χ2v) is 5.12. The maximum atomic E-state index is 10.5. The molecule has 17 heavy (non-hydrogen) atoms. The van der Waals surface area contributed by atoms with E-state index in [2.05, 4.69) is 18.0 Å². The maximum Gasteiger partial charge on any atom is 0.114 e. The number of aliphatic hydroxyl groups is 1. The van der Waals surface area contributed by atoms with Crippen LogP contribution in [0.5, 0.6) is 0 Å². The van der Waals surface area contributed by atoms with Crippen LogP contribution in [0, 0.1) is 22.7 Å². The molecule has 1 heterocycles. The Morgan fingerprint density at radius 2 is 2.53 bits per heavy atom. The molecule has 2 rings (SSSR count). The van der Waals surface area contributed by atoms with Crippen molar-refractivity contribution in [1.29, 1.82) is 5.26 Å². The van der Waals surface area contributed by atoms with Crippen molar-refractivity contribution >= 4 is 0 Å². The van der Waals surface area contributed by atoms with Gasteiger partial charge in [-0.1, -0.05) is 13.3 Å². The fourth-order valence-electron chi connectivity index (χ4n) is 2.85. The van der Waals surface area contributed by atoms with Crippen LogP contribution in [0.2, 0.25) is 0 Å². The molecule has 1 aromatic rings. The highest BCUT2D eigenvalue weighted by atomic mass is 16.3. The largest absolute Gasteiger partial charge is 0.385 e. The summed E-state index contributed by atoms with van der Waals surface area (Å²) in [4.78, 5) is 4.01. The minimum atomic E-state index is -0.725. The second-order valence-electron chi connectivity index (χ2n) is 5.12. The predicted octanol–water partition coefficient (Wildman–Crippen LogP) is 2.17. The molecule has 3 atom stereocenters. The first kappa shape index (κ1) is 12.1. The zero-order chi connectivity index (χ0) is 12.5. The number of nitriles is 1. The van der Waals surface area contributed by atoms with Gasteiger partial charge in [0.2, 0.25) is 0 Å². The van der Waals surface area contributed by atoms with Gasteiger partial charge in [-0.3, -0.25) is 0 Å². The molecule has 1 aromatic heterocycles. The van der Waals surface area contributed by atoms with Crippen LogP contribution in [0.4, 0.5) is 0 Å². The summed E-state index contributed by atoms with van der Waals surface area (Å²) in [6.45, 7) is 2.15. The number of aromatic nitrogens is 2. The van der Waals surface area contributed by atoms with Crippen molar-refractivity contribution in [2.24, 2.45) is 18.4 Å². The van der Waals surface area contributed by atoms with E-state index in [1.807, 2.05) is 7.05 Å². The first-order valence-electron chi connectivity index (χ1n) is 6.18. The fourth-order valence-corrected chi connectivity index (χ4v) is 2.85. The molecule has 3 unspecified atom stereocenters. The lowest BCUT2D eigenvalue weighted by Gasteiger charge is -2.27. The van der Waals surface area contributed by atoms with Crippen molar-refractivity contribution in [3.05, 3.63) is 18.2 Å². The summed E-state index contributed by atoms with van der Waals surface area (Å²) < 4.78 is 1.79. The Kier molecular flexibility index (Phi) is 3.21. The summed E-state index contributed by atoms with van der Waals surface area (Å²) in [5.41, 5.74) is 0.123. The summed E-state index contributed by atoms with van der Waals surface area (Å²) in [6.07, 6.45) is 6.30. The van der Waals surface area contributed by atoms with Gasteiger partial charge in [-0.2, -0.15) is 5.26 Å². The van der Waals surface area contributed by atoms with Gasteiger partial charge in [-0.15, -0.1) is 0 Å². The molecule has 0 radical (unpaired) electrons. The number of rotatable bonds is 3. The molecule has 0 amide bonds. The van der Waals surface area contributed by atoms with Gasteiger partial charge in [0.25, 0.3) is 0 Å². The Hall–Kier alpha value is -1.34. The lowest BCUT2D eigenvalue weighted by Crippen LogP contribution is -2.26. The average molecular weight is 233 g/mol. The minimum Gasteiger partial charge on any atom is -0.385 e. The van der Waals surface area contributed by atoms with Crippen LogP contribution in [-0.2, 0) is 7.05 Å². The lowest BCUT2D eigenvalue weighted by molar-refractivity contribution is 0.0579. The van der Waals surface area contributed by atoms with Gasteiger partial charge in [-0.25, -0.2) is 4.98 Å². The SMILES string of the molecule is CCC1CCC(C#N)(C(O)c2cncn2C)C1. The number of imidazole rings is 1. The molecule has 4 heteroatoms. The van der Waals surface area contributed by atoms with E-state index in [-0.39, 0.29) is 0 Å². The van der Waals surface area contributed by atoms with Gasteiger partial charge < -0.3 is 9.67 Å². The summed E-state index contributed by atoms with van der Waals surface area (Å²) in [5.74, 6) is 0.567. The zero-order valence-electron chi connectivity index (χ0n) is 10.4. The predicted molar refractivity (Wildman–Crippen MR) is 63.8 cm³/mol. The van der Waals surface area contributed by atoms with Gasteiger partial charge in [0, 0.05) is 7.05 Å². The van der Waals surface area contributed by atoms with Crippen molar-refractivity contribution in [3.63, 3.8) is 0 Å². The topological polar surface area (TPSA) is 61.8 Å². The molecular formula is C13H19N3O. The number of hydrogen-bond donors (Lipinski definition) is 1. The van der Waals surface area contributed by atoms with Crippen molar-refractivity contribution in [3.8, 4) is 6.07 Å². The van der Waals surface area contributed by atoms with Crippen LogP contribution >= 0.6 is 0 Å². The van der Waals surface area contributed by atoms with Crippen molar-refractivity contribution < 1.29 is 5.11 Å². The number of aliphatic hydroxyl groups excluding tert-OH is 1. The maximum absolute atomic E-state index is 10.5. The number of aryl methyl sites for hydroxylation is 1. The van der Waals surface area contributed by atoms with Crippen LogP contribution in [-0.4, -0.2) is 14.7 Å². The molecule has 1 saturated carbocycles. The molecule has 1 N–H and O–H groups in total. The molecule has 4 nitrogen and oxygen atoms in total. The molecule has 92 valence electrons. The first-order chi connectivity index (χ1) is 8.13. The standard InChI is InChI=1S/C13H19N3O/c1-3-10-4-5-13(6-10,8-14)12(17)11-7-15-9-16(11)2/h7,9-10,12,17H,3-6H2,1-2H3.